The molecule has 1 atom stereocenters. The Bertz CT molecular complexity index is 359. The lowest BCUT2D eigenvalue weighted by atomic mass is 9.95. The number of hydrogen-bond acceptors (Lipinski definition) is 2. The molecule has 1 aromatic rings. The van der Waals surface area contributed by atoms with Gasteiger partial charge in [0.2, 0.25) is 0 Å². The van der Waals surface area contributed by atoms with Gasteiger partial charge in [0.05, 0.1) is 10.0 Å². The second kappa shape index (κ2) is 4.05. The maximum absolute atomic E-state index is 4.27. The zero-order chi connectivity index (χ0) is 9.86. The Morgan fingerprint density at radius 1 is 1.36 bits per heavy atom. The molecule has 2 rings (SSSR count). The van der Waals surface area contributed by atoms with Crippen LogP contribution in [0.5, 0.6) is 0 Å². The average Bonchev–Trinajstić information content (AvgIpc) is 2.19. The maximum Gasteiger partial charge on any atom is 0.0603 e. The molecular formula is C11H11BrN2. The highest BCUT2D eigenvalue weighted by molar-refractivity contribution is 9.10. The molecule has 0 aromatic carbocycles. The van der Waals surface area contributed by atoms with Crippen molar-refractivity contribution in [1.82, 2.24) is 9.97 Å². The van der Waals surface area contributed by atoms with Crippen molar-refractivity contribution in [2.24, 2.45) is 0 Å². The highest BCUT2D eigenvalue weighted by Gasteiger charge is 2.24. The summed E-state index contributed by atoms with van der Waals surface area (Å²) < 4.78 is 0.0256. The number of allylic oxidation sites excluding steroid dienone is 4. The number of nitrogens with zero attached hydrogens (tertiary/aromatic N) is 2. The van der Waals surface area contributed by atoms with Gasteiger partial charge in [-0.1, -0.05) is 40.2 Å². The van der Waals surface area contributed by atoms with Crippen LogP contribution in [0.3, 0.4) is 0 Å². The number of rotatable bonds is 2. The SMILES string of the molecule is BrC1(Cc2cnccn2)C=CC=CC1. The van der Waals surface area contributed by atoms with Crippen molar-refractivity contribution in [1.29, 1.82) is 0 Å². The van der Waals surface area contributed by atoms with Crippen LogP contribution in [0.15, 0.2) is 42.9 Å². The number of halogens is 1. The zero-order valence-corrected chi connectivity index (χ0v) is 9.31. The van der Waals surface area contributed by atoms with Gasteiger partial charge in [-0.05, 0) is 6.42 Å². The minimum absolute atomic E-state index is 0.0256. The molecule has 0 N–H and O–H groups in total. The van der Waals surface area contributed by atoms with Gasteiger partial charge in [0.25, 0.3) is 0 Å². The summed E-state index contributed by atoms with van der Waals surface area (Å²) in [4.78, 5) is 8.32. The average molecular weight is 251 g/mol. The summed E-state index contributed by atoms with van der Waals surface area (Å²) in [6.07, 6.45) is 15.6. The predicted molar refractivity (Wildman–Crippen MR) is 60.3 cm³/mol. The Morgan fingerprint density at radius 3 is 2.93 bits per heavy atom. The lowest BCUT2D eigenvalue weighted by Crippen LogP contribution is -2.22. The lowest BCUT2D eigenvalue weighted by Gasteiger charge is -2.23. The van der Waals surface area contributed by atoms with Gasteiger partial charge in [0.1, 0.15) is 0 Å². The van der Waals surface area contributed by atoms with Crippen LogP contribution in [0.4, 0.5) is 0 Å². The van der Waals surface area contributed by atoms with Crippen LogP contribution >= 0.6 is 15.9 Å². The lowest BCUT2D eigenvalue weighted by molar-refractivity contribution is 0.707. The van der Waals surface area contributed by atoms with Gasteiger partial charge in [-0.25, -0.2) is 0 Å². The molecule has 1 heterocycles. The summed E-state index contributed by atoms with van der Waals surface area (Å²) in [5.41, 5.74) is 1.02. The topological polar surface area (TPSA) is 25.8 Å². The number of alkyl halides is 1. The molecule has 2 nitrogen and oxygen atoms in total. The van der Waals surface area contributed by atoms with Crippen molar-refractivity contribution < 1.29 is 0 Å². The van der Waals surface area contributed by atoms with Crippen molar-refractivity contribution in [3.8, 4) is 0 Å². The summed E-state index contributed by atoms with van der Waals surface area (Å²) >= 11 is 3.73. The summed E-state index contributed by atoms with van der Waals surface area (Å²) in [5.74, 6) is 0. The van der Waals surface area contributed by atoms with E-state index < -0.39 is 0 Å². The Kier molecular flexibility index (Phi) is 2.77. The Balaban J connectivity index is 2.11. The summed E-state index contributed by atoms with van der Waals surface area (Å²) in [6, 6.07) is 0. The molecule has 0 saturated heterocycles. The van der Waals surface area contributed by atoms with E-state index in [-0.39, 0.29) is 4.32 Å². The van der Waals surface area contributed by atoms with Crippen LogP contribution in [0, 0.1) is 0 Å². The van der Waals surface area contributed by atoms with E-state index in [1.54, 1.807) is 12.4 Å². The third-order valence-corrected chi connectivity index (χ3v) is 3.06. The first-order valence-electron chi connectivity index (χ1n) is 4.57. The highest BCUT2D eigenvalue weighted by Crippen LogP contribution is 2.30. The minimum Gasteiger partial charge on any atom is -0.261 e. The molecule has 0 fully saturated rings. The quantitative estimate of drug-likeness (QED) is 0.755. The third kappa shape index (κ3) is 2.29. The van der Waals surface area contributed by atoms with E-state index >= 15 is 0 Å². The third-order valence-electron chi connectivity index (χ3n) is 2.19. The Hall–Kier alpha value is -0.960. The number of aromatic nitrogens is 2. The molecule has 14 heavy (non-hydrogen) atoms. The zero-order valence-electron chi connectivity index (χ0n) is 7.73. The van der Waals surface area contributed by atoms with E-state index in [1.807, 2.05) is 6.20 Å². The van der Waals surface area contributed by atoms with E-state index in [4.69, 9.17) is 0 Å². The van der Waals surface area contributed by atoms with E-state index in [2.05, 4.69) is 50.2 Å². The van der Waals surface area contributed by atoms with Crippen LogP contribution in [0.25, 0.3) is 0 Å². The summed E-state index contributed by atoms with van der Waals surface area (Å²) in [5, 5.41) is 0. The first-order valence-corrected chi connectivity index (χ1v) is 5.36. The molecule has 0 radical (unpaired) electrons. The minimum atomic E-state index is 0.0256. The molecule has 1 aromatic heterocycles. The van der Waals surface area contributed by atoms with Crippen LogP contribution < -0.4 is 0 Å². The fraction of sp³-hybridized carbons (Fsp3) is 0.273. The van der Waals surface area contributed by atoms with Gasteiger partial charge >= 0.3 is 0 Å². The van der Waals surface area contributed by atoms with Gasteiger partial charge in [-0.2, -0.15) is 0 Å². The van der Waals surface area contributed by atoms with Crippen molar-refractivity contribution in [2.45, 2.75) is 17.2 Å². The van der Waals surface area contributed by atoms with E-state index in [0.29, 0.717) is 0 Å². The molecule has 0 amide bonds. The Labute approximate surface area is 91.9 Å². The summed E-state index contributed by atoms with van der Waals surface area (Å²) in [7, 11) is 0. The van der Waals surface area contributed by atoms with Gasteiger partial charge in [0.15, 0.2) is 0 Å². The van der Waals surface area contributed by atoms with E-state index in [9.17, 15) is 0 Å². The second-order valence-corrected chi connectivity index (χ2v) is 4.98. The number of hydrogen-bond donors (Lipinski definition) is 0. The van der Waals surface area contributed by atoms with Gasteiger partial charge in [-0.3, -0.25) is 9.97 Å². The molecule has 72 valence electrons. The van der Waals surface area contributed by atoms with Crippen molar-refractivity contribution >= 4 is 15.9 Å². The highest BCUT2D eigenvalue weighted by atomic mass is 79.9. The van der Waals surface area contributed by atoms with Crippen LogP contribution in [-0.2, 0) is 6.42 Å². The van der Waals surface area contributed by atoms with E-state index in [1.165, 1.54) is 0 Å². The van der Waals surface area contributed by atoms with Crippen molar-refractivity contribution in [3.05, 3.63) is 48.6 Å². The van der Waals surface area contributed by atoms with Gasteiger partial charge in [-0.15, -0.1) is 0 Å². The normalized spacial score (nSPS) is 25.2. The van der Waals surface area contributed by atoms with Crippen LogP contribution in [0.2, 0.25) is 0 Å². The van der Waals surface area contributed by atoms with Gasteiger partial charge < -0.3 is 0 Å². The molecule has 0 aliphatic heterocycles. The molecule has 1 unspecified atom stereocenters. The van der Waals surface area contributed by atoms with Crippen LogP contribution in [-0.4, -0.2) is 14.3 Å². The van der Waals surface area contributed by atoms with E-state index in [0.717, 1.165) is 18.5 Å². The maximum atomic E-state index is 4.27. The van der Waals surface area contributed by atoms with Crippen LogP contribution in [0.1, 0.15) is 12.1 Å². The largest absolute Gasteiger partial charge is 0.261 e. The molecule has 0 bridgehead atoms. The molecular weight excluding hydrogens is 240 g/mol. The summed E-state index contributed by atoms with van der Waals surface area (Å²) in [6.45, 7) is 0. The van der Waals surface area contributed by atoms with Crippen molar-refractivity contribution in [2.75, 3.05) is 0 Å². The van der Waals surface area contributed by atoms with Crippen molar-refractivity contribution in [3.63, 3.8) is 0 Å². The standard InChI is InChI=1S/C11H11BrN2/c12-11(4-2-1-3-5-11)8-10-9-13-6-7-14-10/h1-4,6-7,9H,5,8H2. The van der Waals surface area contributed by atoms with Gasteiger partial charge in [0, 0.05) is 25.0 Å². The predicted octanol–water partition coefficient (Wildman–Crippen LogP) is 2.67. The monoisotopic (exact) mass is 250 g/mol. The Morgan fingerprint density at radius 2 is 2.29 bits per heavy atom. The molecule has 3 heteroatoms. The molecule has 1 aliphatic carbocycles. The second-order valence-electron chi connectivity index (χ2n) is 3.40. The fourth-order valence-electron chi connectivity index (χ4n) is 1.49. The smallest absolute Gasteiger partial charge is 0.0603 e. The molecule has 0 spiro atoms. The first-order chi connectivity index (χ1) is 6.79. The molecule has 1 aliphatic rings. The fourth-order valence-corrected chi connectivity index (χ4v) is 2.12. The first kappa shape index (κ1) is 9.59. The molecule has 0 saturated carbocycles.